The van der Waals surface area contributed by atoms with Crippen LogP contribution in [-0.2, 0) is 16.0 Å². The topological polar surface area (TPSA) is 97.7 Å². The number of carbonyl (C=O) groups is 2. The first kappa shape index (κ1) is 26.4. The standard InChI is InChI=1S/C28H41N5O3/c29-22-28(12-15-32(16-13-28)14-11-23-7-3-1-4-8-23)31-26(34)25(21-24-9-5-2-6-10-24)30-27(35)33-17-19-36-20-18-33/h1,3-4,7-8,24-25H,2,5-6,9-21H2,(H,30,35)(H,31,34). The molecule has 1 aromatic carbocycles. The van der Waals surface area contributed by atoms with Crippen molar-refractivity contribution >= 4 is 11.9 Å². The summed E-state index contributed by atoms with van der Waals surface area (Å²) in [5.41, 5.74) is 0.430. The van der Waals surface area contributed by atoms with Crippen LogP contribution in [0.2, 0.25) is 0 Å². The molecule has 0 spiro atoms. The van der Waals surface area contributed by atoms with Crippen LogP contribution in [0.1, 0.15) is 56.9 Å². The Labute approximate surface area is 215 Å². The van der Waals surface area contributed by atoms with Gasteiger partial charge in [0.05, 0.1) is 19.3 Å². The number of amides is 3. The van der Waals surface area contributed by atoms with Crippen LogP contribution < -0.4 is 10.6 Å². The largest absolute Gasteiger partial charge is 0.378 e. The highest BCUT2D eigenvalue weighted by Gasteiger charge is 2.38. The van der Waals surface area contributed by atoms with Gasteiger partial charge in [-0.05, 0) is 37.2 Å². The van der Waals surface area contributed by atoms with E-state index in [4.69, 9.17) is 4.74 Å². The molecule has 1 unspecified atom stereocenters. The Hall–Kier alpha value is -2.63. The number of nitriles is 1. The summed E-state index contributed by atoms with van der Waals surface area (Å²) in [7, 11) is 0. The third-order valence-electron chi connectivity index (χ3n) is 8.05. The minimum Gasteiger partial charge on any atom is -0.378 e. The number of hydrogen-bond donors (Lipinski definition) is 2. The van der Waals surface area contributed by atoms with Crippen LogP contribution in [0.3, 0.4) is 0 Å². The number of likely N-dealkylation sites (tertiary alicyclic amines) is 1. The Morgan fingerprint density at radius 3 is 2.42 bits per heavy atom. The second-order valence-corrected chi connectivity index (χ2v) is 10.6. The van der Waals surface area contributed by atoms with Gasteiger partial charge >= 0.3 is 6.03 Å². The van der Waals surface area contributed by atoms with E-state index in [2.05, 4.69) is 45.9 Å². The van der Waals surface area contributed by atoms with E-state index in [9.17, 15) is 14.9 Å². The normalized spacial score (nSPS) is 21.8. The molecule has 3 fully saturated rings. The van der Waals surface area contributed by atoms with Crippen LogP contribution in [0.4, 0.5) is 4.79 Å². The maximum absolute atomic E-state index is 13.5. The van der Waals surface area contributed by atoms with Crippen molar-refractivity contribution in [3.8, 4) is 6.07 Å². The Bertz CT molecular complexity index is 882. The van der Waals surface area contributed by atoms with Gasteiger partial charge in [0.2, 0.25) is 5.91 Å². The molecular formula is C28H41N5O3. The molecule has 2 saturated heterocycles. The number of nitrogens with one attached hydrogen (secondary N) is 2. The molecule has 0 aromatic heterocycles. The number of carbonyl (C=O) groups excluding carboxylic acids is 2. The molecule has 3 aliphatic rings. The number of hydrogen-bond acceptors (Lipinski definition) is 5. The first-order chi connectivity index (χ1) is 17.6. The fourth-order valence-electron chi connectivity index (χ4n) is 5.67. The Kier molecular flexibility index (Phi) is 9.60. The van der Waals surface area contributed by atoms with Gasteiger partial charge in [-0.2, -0.15) is 5.26 Å². The quantitative estimate of drug-likeness (QED) is 0.578. The predicted molar refractivity (Wildman–Crippen MR) is 138 cm³/mol. The number of benzene rings is 1. The highest BCUT2D eigenvalue weighted by atomic mass is 16.5. The number of morpholine rings is 1. The van der Waals surface area contributed by atoms with Crippen molar-refractivity contribution in [3.63, 3.8) is 0 Å². The zero-order chi connectivity index (χ0) is 25.2. The van der Waals surface area contributed by atoms with Crippen LogP contribution in [0, 0.1) is 17.2 Å². The van der Waals surface area contributed by atoms with Crippen molar-refractivity contribution in [1.82, 2.24) is 20.4 Å². The molecule has 8 nitrogen and oxygen atoms in total. The van der Waals surface area contributed by atoms with Gasteiger partial charge in [-0.15, -0.1) is 0 Å². The first-order valence-electron chi connectivity index (χ1n) is 13.7. The van der Waals surface area contributed by atoms with E-state index in [1.165, 1.54) is 24.8 Å². The van der Waals surface area contributed by atoms with Crippen molar-refractivity contribution in [2.45, 2.75) is 69.4 Å². The zero-order valence-corrected chi connectivity index (χ0v) is 21.4. The van der Waals surface area contributed by atoms with Gasteiger partial charge in [-0.1, -0.05) is 62.4 Å². The summed E-state index contributed by atoms with van der Waals surface area (Å²) < 4.78 is 5.36. The lowest BCUT2D eigenvalue weighted by Gasteiger charge is -2.39. The van der Waals surface area contributed by atoms with Gasteiger partial charge in [0.1, 0.15) is 11.6 Å². The highest BCUT2D eigenvalue weighted by Crippen LogP contribution is 2.28. The van der Waals surface area contributed by atoms with E-state index in [-0.39, 0.29) is 11.9 Å². The van der Waals surface area contributed by atoms with Gasteiger partial charge in [-0.3, -0.25) is 4.79 Å². The van der Waals surface area contributed by atoms with E-state index in [1.807, 2.05) is 6.07 Å². The molecule has 0 radical (unpaired) electrons. The molecule has 1 aliphatic carbocycles. The molecule has 8 heteroatoms. The van der Waals surface area contributed by atoms with Crippen LogP contribution in [0.5, 0.6) is 0 Å². The van der Waals surface area contributed by atoms with Crippen molar-refractivity contribution in [2.24, 2.45) is 5.92 Å². The van der Waals surface area contributed by atoms with E-state index in [0.717, 1.165) is 38.9 Å². The Morgan fingerprint density at radius 1 is 1.06 bits per heavy atom. The van der Waals surface area contributed by atoms with Gasteiger partial charge < -0.3 is 25.2 Å². The lowest BCUT2D eigenvalue weighted by Crippen LogP contribution is -2.60. The molecule has 4 rings (SSSR count). The summed E-state index contributed by atoms with van der Waals surface area (Å²) >= 11 is 0. The molecule has 1 atom stereocenters. The van der Waals surface area contributed by atoms with Crippen LogP contribution in [-0.4, -0.2) is 79.3 Å². The summed E-state index contributed by atoms with van der Waals surface area (Å²) in [4.78, 5) is 30.5. The van der Waals surface area contributed by atoms with Crippen LogP contribution in [0.25, 0.3) is 0 Å². The average Bonchev–Trinajstić information content (AvgIpc) is 2.94. The average molecular weight is 496 g/mol. The monoisotopic (exact) mass is 495 g/mol. The summed E-state index contributed by atoms with van der Waals surface area (Å²) in [6.07, 6.45) is 8.58. The number of nitrogens with zero attached hydrogens (tertiary/aromatic N) is 3. The number of rotatable bonds is 8. The summed E-state index contributed by atoms with van der Waals surface area (Å²) in [5.74, 6) is 0.207. The third-order valence-corrected chi connectivity index (χ3v) is 8.05. The van der Waals surface area contributed by atoms with Gasteiger partial charge in [0, 0.05) is 32.7 Å². The first-order valence-corrected chi connectivity index (χ1v) is 13.7. The van der Waals surface area contributed by atoms with Crippen molar-refractivity contribution < 1.29 is 14.3 Å². The molecule has 3 amide bonds. The fraction of sp³-hybridized carbons (Fsp3) is 0.679. The maximum Gasteiger partial charge on any atom is 0.318 e. The summed E-state index contributed by atoms with van der Waals surface area (Å²) in [6.45, 7) is 4.59. The highest BCUT2D eigenvalue weighted by molar-refractivity contribution is 5.87. The minimum absolute atomic E-state index is 0.212. The second-order valence-electron chi connectivity index (χ2n) is 10.6. The van der Waals surface area contributed by atoms with Gasteiger partial charge in [0.25, 0.3) is 0 Å². The van der Waals surface area contributed by atoms with Gasteiger partial charge in [0.15, 0.2) is 0 Å². The number of ether oxygens (including phenoxy) is 1. The molecule has 2 heterocycles. The van der Waals surface area contributed by atoms with Gasteiger partial charge in [-0.25, -0.2) is 4.79 Å². The maximum atomic E-state index is 13.5. The van der Waals surface area contributed by atoms with Crippen molar-refractivity contribution in [2.75, 3.05) is 45.9 Å². The van der Waals surface area contributed by atoms with Crippen molar-refractivity contribution in [1.29, 1.82) is 5.26 Å². The zero-order valence-electron chi connectivity index (χ0n) is 21.4. The molecular weight excluding hydrogens is 454 g/mol. The van der Waals surface area contributed by atoms with Crippen molar-refractivity contribution in [3.05, 3.63) is 35.9 Å². The van der Waals surface area contributed by atoms with Crippen LogP contribution >= 0.6 is 0 Å². The fourth-order valence-corrected chi connectivity index (χ4v) is 5.67. The molecule has 196 valence electrons. The third kappa shape index (κ3) is 7.44. The Morgan fingerprint density at radius 2 is 1.75 bits per heavy atom. The van der Waals surface area contributed by atoms with E-state index < -0.39 is 11.6 Å². The van der Waals surface area contributed by atoms with E-state index in [1.54, 1.807) is 4.90 Å². The smallest absolute Gasteiger partial charge is 0.318 e. The molecule has 36 heavy (non-hydrogen) atoms. The minimum atomic E-state index is -0.880. The molecule has 2 N–H and O–H groups in total. The number of piperidine rings is 1. The molecule has 2 aliphatic heterocycles. The summed E-state index contributed by atoms with van der Waals surface area (Å²) in [5, 5.41) is 16.2. The Balaban J connectivity index is 1.34. The lowest BCUT2D eigenvalue weighted by molar-refractivity contribution is -0.125. The molecule has 1 saturated carbocycles. The van der Waals surface area contributed by atoms with E-state index in [0.29, 0.717) is 51.5 Å². The van der Waals surface area contributed by atoms with E-state index >= 15 is 0 Å². The van der Waals surface area contributed by atoms with Crippen LogP contribution in [0.15, 0.2) is 30.3 Å². The second kappa shape index (κ2) is 13.1. The number of urea groups is 1. The predicted octanol–water partition coefficient (Wildman–Crippen LogP) is 3.08. The lowest BCUT2D eigenvalue weighted by atomic mass is 9.84. The summed E-state index contributed by atoms with van der Waals surface area (Å²) in [6, 6.07) is 12.0. The molecule has 0 bridgehead atoms. The molecule has 1 aromatic rings. The SMILES string of the molecule is N#CC1(NC(=O)C(CC2CCCCC2)NC(=O)N2CCOCC2)CCN(CCc2ccccc2)CC1.